The fraction of sp³-hybridized carbons (Fsp3) is 0.429. The van der Waals surface area contributed by atoms with Crippen molar-refractivity contribution in [1.82, 2.24) is 20.5 Å². The van der Waals surface area contributed by atoms with Gasteiger partial charge in [-0.05, 0) is 44.5 Å². The number of halogens is 1. The van der Waals surface area contributed by atoms with Crippen molar-refractivity contribution < 1.29 is 0 Å². The molecule has 0 saturated carbocycles. The van der Waals surface area contributed by atoms with E-state index in [-0.39, 0.29) is 12.4 Å². The molecule has 1 saturated heterocycles. The predicted molar refractivity (Wildman–Crippen MR) is 78.6 cm³/mol. The van der Waals surface area contributed by atoms with Crippen molar-refractivity contribution in [2.75, 3.05) is 13.1 Å². The maximum Gasteiger partial charge on any atom is 0.111 e. The first kappa shape index (κ1) is 14.0. The second-order valence-corrected chi connectivity index (χ2v) is 4.92. The molecule has 2 aromatic heterocycles. The summed E-state index contributed by atoms with van der Waals surface area (Å²) in [5, 5.41) is 11.0. The Morgan fingerprint density at radius 3 is 2.89 bits per heavy atom. The summed E-state index contributed by atoms with van der Waals surface area (Å²) in [4.78, 5) is 4.50. The SMILES string of the molecule is Cc1cccc(-c2cc([C@H]3CCCNC3)[nH]n2)n1.Cl. The minimum atomic E-state index is 0. The van der Waals surface area contributed by atoms with E-state index in [4.69, 9.17) is 0 Å². The normalized spacial score (nSPS) is 18.9. The average Bonchev–Trinajstić information content (AvgIpc) is 2.89. The van der Waals surface area contributed by atoms with E-state index in [2.05, 4.69) is 26.6 Å². The third kappa shape index (κ3) is 3.14. The molecule has 0 aliphatic carbocycles. The largest absolute Gasteiger partial charge is 0.316 e. The molecule has 2 aromatic rings. The van der Waals surface area contributed by atoms with Crippen LogP contribution in [-0.2, 0) is 0 Å². The van der Waals surface area contributed by atoms with Crippen LogP contribution in [0.4, 0.5) is 0 Å². The fourth-order valence-corrected chi connectivity index (χ4v) is 2.48. The summed E-state index contributed by atoms with van der Waals surface area (Å²) in [6.07, 6.45) is 2.47. The van der Waals surface area contributed by atoms with Gasteiger partial charge in [0.1, 0.15) is 5.69 Å². The van der Waals surface area contributed by atoms with Gasteiger partial charge in [0.15, 0.2) is 0 Å². The van der Waals surface area contributed by atoms with E-state index < -0.39 is 0 Å². The van der Waals surface area contributed by atoms with Gasteiger partial charge in [-0.25, -0.2) is 0 Å². The number of aryl methyl sites for hydroxylation is 1. The van der Waals surface area contributed by atoms with Crippen molar-refractivity contribution in [3.8, 4) is 11.4 Å². The van der Waals surface area contributed by atoms with Gasteiger partial charge in [-0.2, -0.15) is 5.10 Å². The Morgan fingerprint density at radius 1 is 1.26 bits per heavy atom. The highest BCUT2D eigenvalue weighted by atomic mass is 35.5. The molecule has 1 fully saturated rings. The van der Waals surface area contributed by atoms with Crippen molar-refractivity contribution in [3.63, 3.8) is 0 Å². The summed E-state index contributed by atoms with van der Waals surface area (Å²) in [6, 6.07) is 8.17. The van der Waals surface area contributed by atoms with Crippen LogP contribution in [0.25, 0.3) is 11.4 Å². The summed E-state index contributed by atoms with van der Waals surface area (Å²) in [5.41, 5.74) is 4.14. The topological polar surface area (TPSA) is 53.6 Å². The minimum absolute atomic E-state index is 0. The lowest BCUT2D eigenvalue weighted by molar-refractivity contribution is 0.454. The number of hydrogen-bond donors (Lipinski definition) is 2. The Kier molecular flexibility index (Phi) is 4.56. The molecule has 0 radical (unpaired) electrons. The molecule has 1 aliphatic rings. The van der Waals surface area contributed by atoms with Gasteiger partial charge in [0, 0.05) is 23.9 Å². The molecule has 0 aromatic carbocycles. The van der Waals surface area contributed by atoms with Crippen LogP contribution in [0.2, 0.25) is 0 Å². The first-order valence-corrected chi connectivity index (χ1v) is 6.53. The van der Waals surface area contributed by atoms with Crippen molar-refractivity contribution in [2.45, 2.75) is 25.7 Å². The monoisotopic (exact) mass is 278 g/mol. The van der Waals surface area contributed by atoms with Gasteiger partial charge in [0.05, 0.1) is 5.69 Å². The lowest BCUT2D eigenvalue weighted by Gasteiger charge is -2.21. The zero-order chi connectivity index (χ0) is 12.4. The van der Waals surface area contributed by atoms with Crippen LogP contribution in [-0.4, -0.2) is 28.3 Å². The average molecular weight is 279 g/mol. The maximum atomic E-state index is 4.50. The number of aromatic nitrogens is 3. The lowest BCUT2D eigenvalue weighted by Crippen LogP contribution is -2.28. The minimum Gasteiger partial charge on any atom is -0.316 e. The lowest BCUT2D eigenvalue weighted by atomic mass is 9.96. The van der Waals surface area contributed by atoms with Gasteiger partial charge < -0.3 is 5.32 Å². The molecule has 3 rings (SSSR count). The number of H-pyrrole nitrogens is 1. The maximum absolute atomic E-state index is 4.50. The number of hydrogen-bond acceptors (Lipinski definition) is 3. The number of rotatable bonds is 2. The van der Waals surface area contributed by atoms with Crippen molar-refractivity contribution >= 4 is 12.4 Å². The first-order valence-electron chi connectivity index (χ1n) is 6.53. The molecule has 0 spiro atoms. The van der Waals surface area contributed by atoms with Crippen LogP contribution in [0.3, 0.4) is 0 Å². The first-order chi connectivity index (χ1) is 8.83. The van der Waals surface area contributed by atoms with E-state index in [1.54, 1.807) is 0 Å². The van der Waals surface area contributed by atoms with E-state index in [9.17, 15) is 0 Å². The van der Waals surface area contributed by atoms with Crippen LogP contribution < -0.4 is 5.32 Å². The van der Waals surface area contributed by atoms with Crippen molar-refractivity contribution in [2.24, 2.45) is 0 Å². The fourth-order valence-electron chi connectivity index (χ4n) is 2.48. The van der Waals surface area contributed by atoms with Crippen LogP contribution in [0.15, 0.2) is 24.3 Å². The molecular weight excluding hydrogens is 260 g/mol. The molecule has 1 aliphatic heterocycles. The summed E-state index contributed by atoms with van der Waals surface area (Å²) in [5.74, 6) is 0.560. The Balaban J connectivity index is 0.00000133. The van der Waals surface area contributed by atoms with E-state index in [1.807, 2.05) is 25.1 Å². The molecule has 3 heterocycles. The number of aromatic amines is 1. The van der Waals surface area contributed by atoms with Crippen molar-refractivity contribution in [3.05, 3.63) is 35.7 Å². The molecule has 19 heavy (non-hydrogen) atoms. The molecule has 2 N–H and O–H groups in total. The standard InChI is InChI=1S/C14H18N4.ClH/c1-10-4-2-6-12(16-10)14-8-13(17-18-14)11-5-3-7-15-9-11;/h2,4,6,8,11,15H,3,5,7,9H2,1H3,(H,17,18);1H/t11-;/m0./s1. The van der Waals surface area contributed by atoms with Crippen LogP contribution in [0.1, 0.15) is 30.1 Å². The molecule has 4 nitrogen and oxygen atoms in total. The van der Waals surface area contributed by atoms with E-state index in [0.717, 1.165) is 30.2 Å². The number of nitrogens with one attached hydrogen (secondary N) is 2. The summed E-state index contributed by atoms with van der Waals surface area (Å²) < 4.78 is 0. The highest BCUT2D eigenvalue weighted by Gasteiger charge is 2.17. The molecule has 5 heteroatoms. The molecule has 0 unspecified atom stereocenters. The Bertz CT molecular complexity index is 532. The van der Waals surface area contributed by atoms with Gasteiger partial charge in [-0.3, -0.25) is 10.1 Å². The van der Waals surface area contributed by atoms with Gasteiger partial charge in [0.25, 0.3) is 0 Å². The van der Waals surface area contributed by atoms with Gasteiger partial charge in [0.2, 0.25) is 0 Å². The van der Waals surface area contributed by atoms with Gasteiger partial charge in [-0.1, -0.05) is 6.07 Å². The molecule has 102 valence electrons. The third-order valence-corrected chi connectivity index (χ3v) is 3.49. The summed E-state index contributed by atoms with van der Waals surface area (Å²) >= 11 is 0. The van der Waals surface area contributed by atoms with E-state index >= 15 is 0 Å². The molecular formula is C14H19ClN4. The molecule has 0 bridgehead atoms. The Morgan fingerprint density at radius 2 is 2.16 bits per heavy atom. The highest BCUT2D eigenvalue weighted by Crippen LogP contribution is 2.24. The van der Waals surface area contributed by atoms with Crippen LogP contribution in [0, 0.1) is 6.92 Å². The van der Waals surface area contributed by atoms with Gasteiger partial charge in [-0.15, -0.1) is 12.4 Å². The second-order valence-electron chi connectivity index (χ2n) is 4.92. The summed E-state index contributed by atoms with van der Waals surface area (Å²) in [6.45, 7) is 4.18. The number of piperidine rings is 1. The van der Waals surface area contributed by atoms with Crippen LogP contribution in [0.5, 0.6) is 0 Å². The summed E-state index contributed by atoms with van der Waals surface area (Å²) in [7, 11) is 0. The zero-order valence-electron chi connectivity index (χ0n) is 11.0. The molecule has 0 amide bonds. The Hall–Kier alpha value is -1.39. The molecule has 1 atom stereocenters. The van der Waals surface area contributed by atoms with Crippen LogP contribution >= 0.6 is 12.4 Å². The van der Waals surface area contributed by atoms with E-state index in [1.165, 1.54) is 18.5 Å². The highest BCUT2D eigenvalue weighted by molar-refractivity contribution is 5.85. The van der Waals surface area contributed by atoms with Gasteiger partial charge >= 0.3 is 0 Å². The van der Waals surface area contributed by atoms with E-state index in [0.29, 0.717) is 5.92 Å². The van der Waals surface area contributed by atoms with Crippen molar-refractivity contribution in [1.29, 1.82) is 0 Å². The third-order valence-electron chi connectivity index (χ3n) is 3.49. The Labute approximate surface area is 119 Å². The number of pyridine rings is 1. The predicted octanol–water partition coefficient (Wildman–Crippen LogP) is 2.67. The smallest absolute Gasteiger partial charge is 0.111 e. The number of nitrogens with zero attached hydrogens (tertiary/aromatic N) is 2. The second kappa shape index (κ2) is 6.17. The zero-order valence-corrected chi connectivity index (χ0v) is 11.8. The quantitative estimate of drug-likeness (QED) is 0.888.